The van der Waals surface area contributed by atoms with Crippen LogP contribution in [0.1, 0.15) is 106 Å². The van der Waals surface area contributed by atoms with E-state index in [0.29, 0.717) is 121 Å². The summed E-state index contributed by atoms with van der Waals surface area (Å²) in [6.07, 6.45) is 9.80. The molecule has 2 saturated carbocycles. The number of rotatable bonds is 12. The summed E-state index contributed by atoms with van der Waals surface area (Å²) in [6, 6.07) is 22.1. The summed E-state index contributed by atoms with van der Waals surface area (Å²) in [6.45, 7) is 8.61. The molecule has 15 nitrogen and oxygen atoms in total. The molecule has 19 heteroatoms. The lowest BCUT2D eigenvalue weighted by Gasteiger charge is -2.37. The van der Waals surface area contributed by atoms with Crippen molar-refractivity contribution in [3.8, 4) is 23.9 Å². The van der Waals surface area contributed by atoms with Crippen molar-refractivity contribution >= 4 is 70.0 Å². The molecule has 2 N–H and O–H groups in total. The fourth-order valence-corrected chi connectivity index (χ4v) is 12.1. The van der Waals surface area contributed by atoms with Crippen molar-refractivity contribution in [3.05, 3.63) is 115 Å². The van der Waals surface area contributed by atoms with Gasteiger partial charge in [0.05, 0.1) is 36.8 Å². The van der Waals surface area contributed by atoms with Crippen molar-refractivity contribution < 1.29 is 28.7 Å². The molecule has 400 valence electrons. The van der Waals surface area contributed by atoms with Crippen molar-refractivity contribution in [1.29, 1.82) is 10.5 Å². The summed E-state index contributed by atoms with van der Waals surface area (Å²) in [5.41, 5.74) is 8.38. The summed E-state index contributed by atoms with van der Waals surface area (Å²) >= 11 is 25.1. The van der Waals surface area contributed by atoms with Gasteiger partial charge in [0.2, 0.25) is 35.4 Å². The van der Waals surface area contributed by atoms with Crippen LogP contribution in [0.2, 0.25) is 20.1 Å². The predicted molar refractivity (Wildman–Crippen MR) is 289 cm³/mol. The van der Waals surface area contributed by atoms with Gasteiger partial charge >= 0.3 is 0 Å². The Hall–Kier alpha value is -5.68. The SMILES string of the molecule is CC(Oc1ccc(C#N)cn1)C1CN(C(=O)C2CCN(C(=O)C3(N)CC3)CC2)CC1c1ccc(Cl)c(Cl)c1.CC(Oc1ccc(C#N)cn1)C1CN(C(=O)C2CCN(C(=O)C3CCC3)CC2)CC1c1ccc(Cl)c(Cl)c1. The molecule has 2 aromatic heterocycles. The molecule has 6 heterocycles. The highest BCUT2D eigenvalue weighted by Crippen LogP contribution is 2.42. The minimum atomic E-state index is -0.675. The summed E-state index contributed by atoms with van der Waals surface area (Å²) in [5, 5.41) is 20.0. The van der Waals surface area contributed by atoms with Crippen molar-refractivity contribution in [3.63, 3.8) is 0 Å². The molecule has 6 aliphatic rings. The number of halogens is 4. The number of carbonyl (C=O) groups excluding carboxylic acids is 4. The van der Waals surface area contributed by atoms with Crippen LogP contribution in [-0.2, 0) is 19.2 Å². The first-order chi connectivity index (χ1) is 36.5. The molecule has 2 aliphatic carbocycles. The van der Waals surface area contributed by atoms with E-state index in [1.165, 1.54) is 12.4 Å². The summed E-state index contributed by atoms with van der Waals surface area (Å²) < 4.78 is 12.4. The maximum atomic E-state index is 13.7. The molecule has 4 amide bonds. The van der Waals surface area contributed by atoms with Crippen LogP contribution < -0.4 is 15.2 Å². The number of hydrogen-bond donors (Lipinski definition) is 1. The third-order valence-corrected chi connectivity index (χ3v) is 18.1. The molecule has 0 radical (unpaired) electrons. The Bertz CT molecular complexity index is 2860. The lowest BCUT2D eigenvalue weighted by atomic mass is 9.83. The lowest BCUT2D eigenvalue weighted by Crippen LogP contribution is -2.50. The van der Waals surface area contributed by atoms with E-state index >= 15 is 0 Å². The van der Waals surface area contributed by atoms with Crippen molar-refractivity contribution in [2.45, 2.75) is 101 Å². The summed E-state index contributed by atoms with van der Waals surface area (Å²) in [7, 11) is 0. The van der Waals surface area contributed by atoms with Gasteiger partial charge in [-0.05, 0) is 113 Å². The van der Waals surface area contributed by atoms with Gasteiger partial charge in [-0.3, -0.25) is 19.2 Å². The van der Waals surface area contributed by atoms with Gasteiger partial charge in [-0.15, -0.1) is 0 Å². The molecule has 4 saturated heterocycles. The maximum Gasteiger partial charge on any atom is 0.242 e. The van der Waals surface area contributed by atoms with E-state index in [2.05, 4.69) is 22.1 Å². The average Bonchev–Trinajstić information content (AvgIpc) is 3.77. The highest BCUT2D eigenvalue weighted by atomic mass is 35.5. The highest BCUT2D eigenvalue weighted by molar-refractivity contribution is 6.42. The Morgan fingerprint density at radius 1 is 0.579 bits per heavy atom. The van der Waals surface area contributed by atoms with Crippen LogP contribution in [0.5, 0.6) is 11.8 Å². The Labute approximate surface area is 464 Å². The number of hydrogen-bond acceptors (Lipinski definition) is 11. The number of likely N-dealkylation sites (tertiary alicyclic amines) is 4. The molecule has 0 bridgehead atoms. The van der Waals surface area contributed by atoms with Gasteiger partial charge in [-0.1, -0.05) is 65.0 Å². The quantitative estimate of drug-likeness (QED) is 0.142. The van der Waals surface area contributed by atoms with E-state index in [-0.39, 0.29) is 77.3 Å². The Balaban J connectivity index is 0.000000186. The average molecular weight is 1110 g/mol. The molecule has 6 fully saturated rings. The predicted octanol–water partition coefficient (Wildman–Crippen LogP) is 9.31. The van der Waals surface area contributed by atoms with E-state index < -0.39 is 5.54 Å². The van der Waals surface area contributed by atoms with Crippen LogP contribution in [-0.4, -0.2) is 123 Å². The second-order valence-corrected chi connectivity index (χ2v) is 23.1. The first kappa shape index (κ1) is 55.1. The number of amides is 4. The van der Waals surface area contributed by atoms with Gasteiger partial charge in [0.15, 0.2) is 0 Å². The van der Waals surface area contributed by atoms with Gasteiger partial charge in [-0.2, -0.15) is 10.5 Å². The number of pyridine rings is 2. The molecule has 6 atom stereocenters. The number of aromatic nitrogens is 2. The molecular formula is C57H63Cl4N9O6. The van der Waals surface area contributed by atoms with E-state index in [9.17, 15) is 19.2 Å². The number of nitriles is 2. The van der Waals surface area contributed by atoms with E-state index in [1.54, 1.807) is 36.4 Å². The third-order valence-electron chi connectivity index (χ3n) is 16.6. The monoisotopic (exact) mass is 1110 g/mol. The third kappa shape index (κ3) is 12.5. The Kier molecular flexibility index (Phi) is 17.3. The first-order valence-electron chi connectivity index (χ1n) is 26.4. The van der Waals surface area contributed by atoms with Crippen molar-refractivity contribution in [1.82, 2.24) is 29.6 Å². The molecule has 6 unspecified atom stereocenters. The van der Waals surface area contributed by atoms with E-state index in [1.807, 2.05) is 57.7 Å². The molecular weight excluding hydrogens is 1050 g/mol. The zero-order valence-corrected chi connectivity index (χ0v) is 45.8. The molecule has 4 aromatic rings. The fourth-order valence-electron chi connectivity index (χ4n) is 11.5. The Morgan fingerprint density at radius 2 is 0.987 bits per heavy atom. The number of ether oxygens (including phenoxy) is 2. The maximum absolute atomic E-state index is 13.7. The van der Waals surface area contributed by atoms with Crippen LogP contribution in [0.3, 0.4) is 0 Å². The smallest absolute Gasteiger partial charge is 0.242 e. The zero-order chi connectivity index (χ0) is 53.8. The van der Waals surface area contributed by atoms with Crippen molar-refractivity contribution in [2.24, 2.45) is 35.3 Å². The number of piperidine rings is 2. The zero-order valence-electron chi connectivity index (χ0n) is 42.8. The highest BCUT2D eigenvalue weighted by Gasteiger charge is 2.50. The standard InChI is InChI=1S/C29H32Cl2N4O3.C28H31Cl2N5O3/c1-18(38-27-8-5-19(14-32)15-33-27)23-16-35(17-24(23)22-6-7-25(30)26(31)13-22)29(37)21-9-11-34(12-10-21)28(36)20-3-2-4-20;1-17(38-25-5-2-18(13-31)14-33-25)21-15-35(16-22(21)20-3-4-23(29)24(30)12-20)26(36)19-6-10-34(11-7-19)27(37)28(32)8-9-28/h5-8,13,15,18,20-21,23-24H,2-4,9-12,16-17H2,1H3;2-5,12,14,17,19,21-22H,6-11,15-16,32H2,1H3. The van der Waals surface area contributed by atoms with Crippen molar-refractivity contribution in [2.75, 3.05) is 52.4 Å². The van der Waals surface area contributed by atoms with Gasteiger partial charge in [0.1, 0.15) is 24.3 Å². The molecule has 2 aromatic carbocycles. The van der Waals surface area contributed by atoms with Crippen LogP contribution in [0, 0.1) is 52.3 Å². The van der Waals surface area contributed by atoms with Gasteiger partial charge in [0.25, 0.3) is 0 Å². The summed E-state index contributed by atoms with van der Waals surface area (Å²) in [5.74, 6) is 1.42. The number of nitrogens with zero attached hydrogens (tertiary/aromatic N) is 8. The Morgan fingerprint density at radius 3 is 1.34 bits per heavy atom. The molecule has 4 aliphatic heterocycles. The van der Waals surface area contributed by atoms with Gasteiger partial charge < -0.3 is 34.8 Å². The summed E-state index contributed by atoms with van der Waals surface area (Å²) in [4.78, 5) is 68.8. The second kappa shape index (κ2) is 23.9. The van der Waals surface area contributed by atoms with Crippen LogP contribution in [0.4, 0.5) is 0 Å². The number of nitrogens with two attached hydrogens (primary N) is 1. The topological polar surface area (TPSA) is 199 Å². The normalized spacial score (nSPS) is 23.3. The van der Waals surface area contributed by atoms with E-state index in [0.717, 1.165) is 43.2 Å². The molecule has 76 heavy (non-hydrogen) atoms. The fraction of sp³-hybridized carbons (Fsp3) is 0.509. The lowest BCUT2D eigenvalue weighted by molar-refractivity contribution is -0.143. The van der Waals surface area contributed by atoms with Crippen LogP contribution in [0.15, 0.2) is 73.1 Å². The molecule has 0 spiro atoms. The van der Waals surface area contributed by atoms with Gasteiger partial charge in [-0.25, -0.2) is 9.97 Å². The van der Waals surface area contributed by atoms with Crippen LogP contribution in [0.25, 0.3) is 0 Å². The van der Waals surface area contributed by atoms with Crippen LogP contribution >= 0.6 is 46.4 Å². The second-order valence-electron chi connectivity index (χ2n) is 21.5. The number of carbonyl (C=O) groups is 4. The minimum absolute atomic E-state index is 0.00395. The molecule has 10 rings (SSSR count). The largest absolute Gasteiger partial charge is 0.474 e. The number of benzene rings is 2. The first-order valence-corrected chi connectivity index (χ1v) is 27.9. The minimum Gasteiger partial charge on any atom is -0.474 e. The van der Waals surface area contributed by atoms with E-state index in [4.69, 9.17) is 72.1 Å². The van der Waals surface area contributed by atoms with Gasteiger partial charge in [0, 0.05) is 118 Å².